The molecule has 0 saturated carbocycles. The van der Waals surface area contributed by atoms with Crippen molar-refractivity contribution in [1.82, 2.24) is 25.2 Å². The molecule has 1 aliphatic heterocycles. The van der Waals surface area contributed by atoms with E-state index in [1.165, 1.54) is 12.6 Å². The lowest BCUT2D eigenvalue weighted by Gasteiger charge is -2.21. The van der Waals surface area contributed by atoms with Crippen LogP contribution in [0.2, 0.25) is 0 Å². The largest absolute Gasteiger partial charge is 0.340 e. The van der Waals surface area contributed by atoms with Crippen molar-refractivity contribution in [3.63, 3.8) is 0 Å². The second-order valence-corrected chi connectivity index (χ2v) is 5.85. The second-order valence-electron chi connectivity index (χ2n) is 5.85. The van der Waals surface area contributed by atoms with E-state index in [0.717, 1.165) is 26.2 Å². The van der Waals surface area contributed by atoms with Crippen LogP contribution < -0.4 is 0 Å². The monoisotopic (exact) mass is 265 g/mol. The Morgan fingerprint density at radius 3 is 3.05 bits per heavy atom. The minimum Gasteiger partial charge on any atom is -0.340 e. The molecule has 0 spiro atoms. The van der Waals surface area contributed by atoms with Crippen molar-refractivity contribution in [3.8, 4) is 0 Å². The van der Waals surface area contributed by atoms with Crippen LogP contribution in [0, 0.1) is 11.8 Å². The van der Waals surface area contributed by atoms with Crippen LogP contribution in [0.1, 0.15) is 30.8 Å². The van der Waals surface area contributed by atoms with Crippen LogP contribution in [0.25, 0.3) is 0 Å². The number of carbonyl (C=O) groups is 1. The predicted molar refractivity (Wildman–Crippen MR) is 72.7 cm³/mol. The summed E-state index contributed by atoms with van der Waals surface area (Å²) < 4.78 is 0. The molecule has 6 heteroatoms. The van der Waals surface area contributed by atoms with Gasteiger partial charge in [0.25, 0.3) is 5.91 Å². The van der Waals surface area contributed by atoms with E-state index in [-0.39, 0.29) is 5.91 Å². The second kappa shape index (κ2) is 6.14. The first-order valence-corrected chi connectivity index (χ1v) is 6.90. The Hall–Kier alpha value is -1.43. The maximum atomic E-state index is 12.0. The standard InChI is InChI=1S/C13H23N5O/c1-10(2)7-18-5-4-11(9-18)8-17(3)13(19)12-6-14-16-15-12/h6,10-11H,4-5,7-9H2,1-3H3,(H,14,15,16). The molecule has 19 heavy (non-hydrogen) atoms. The Bertz CT molecular complexity index is 403. The summed E-state index contributed by atoms with van der Waals surface area (Å²) in [6.45, 7) is 8.67. The zero-order chi connectivity index (χ0) is 13.8. The van der Waals surface area contributed by atoms with Gasteiger partial charge in [0.15, 0.2) is 5.69 Å². The molecule has 1 aliphatic rings. The van der Waals surface area contributed by atoms with Crippen molar-refractivity contribution < 1.29 is 4.79 Å². The molecule has 0 bridgehead atoms. The van der Waals surface area contributed by atoms with E-state index in [1.807, 2.05) is 7.05 Å². The zero-order valence-corrected chi connectivity index (χ0v) is 12.0. The summed E-state index contributed by atoms with van der Waals surface area (Å²) in [5.74, 6) is 1.21. The molecule has 1 amide bonds. The van der Waals surface area contributed by atoms with E-state index >= 15 is 0 Å². The van der Waals surface area contributed by atoms with Crippen LogP contribution in [0.15, 0.2) is 6.20 Å². The summed E-state index contributed by atoms with van der Waals surface area (Å²) in [4.78, 5) is 16.3. The molecular weight excluding hydrogens is 242 g/mol. The normalized spacial score (nSPS) is 20.1. The number of carbonyl (C=O) groups excluding carboxylic acids is 1. The van der Waals surface area contributed by atoms with Crippen molar-refractivity contribution in [1.29, 1.82) is 0 Å². The van der Waals surface area contributed by atoms with Gasteiger partial charge in [-0.2, -0.15) is 15.4 Å². The van der Waals surface area contributed by atoms with Gasteiger partial charge in [-0.05, 0) is 24.8 Å². The highest BCUT2D eigenvalue weighted by Gasteiger charge is 2.26. The number of amides is 1. The SMILES string of the molecule is CC(C)CN1CCC(CN(C)C(=O)c2cn[nH]n2)C1. The van der Waals surface area contributed by atoms with E-state index in [2.05, 4.69) is 34.2 Å². The molecule has 0 radical (unpaired) electrons. The molecular formula is C13H23N5O. The summed E-state index contributed by atoms with van der Waals surface area (Å²) in [6.07, 6.45) is 2.64. The van der Waals surface area contributed by atoms with Gasteiger partial charge in [-0.25, -0.2) is 0 Å². The van der Waals surface area contributed by atoms with Gasteiger partial charge >= 0.3 is 0 Å². The number of nitrogens with zero attached hydrogens (tertiary/aromatic N) is 4. The molecule has 0 aromatic carbocycles. The smallest absolute Gasteiger partial charge is 0.275 e. The molecule has 1 saturated heterocycles. The molecule has 1 unspecified atom stereocenters. The zero-order valence-electron chi connectivity index (χ0n) is 12.0. The highest BCUT2D eigenvalue weighted by Crippen LogP contribution is 2.18. The molecule has 2 rings (SSSR count). The van der Waals surface area contributed by atoms with E-state index in [9.17, 15) is 4.79 Å². The van der Waals surface area contributed by atoms with E-state index in [4.69, 9.17) is 0 Å². The molecule has 1 atom stereocenters. The third kappa shape index (κ3) is 3.76. The summed E-state index contributed by atoms with van der Waals surface area (Å²) in [5, 5.41) is 9.97. The van der Waals surface area contributed by atoms with Crippen LogP contribution in [0.4, 0.5) is 0 Å². The highest BCUT2D eigenvalue weighted by atomic mass is 16.2. The molecule has 6 nitrogen and oxygen atoms in total. The first-order chi connectivity index (χ1) is 9.06. The Labute approximate surface area is 114 Å². The molecule has 1 N–H and O–H groups in total. The molecule has 1 fully saturated rings. The average Bonchev–Trinajstić information content (AvgIpc) is 2.98. The Morgan fingerprint density at radius 1 is 1.63 bits per heavy atom. The quantitative estimate of drug-likeness (QED) is 0.857. The summed E-state index contributed by atoms with van der Waals surface area (Å²) in [7, 11) is 1.84. The fourth-order valence-electron chi connectivity index (χ4n) is 2.71. The lowest BCUT2D eigenvalue weighted by Crippen LogP contribution is -2.33. The molecule has 0 aliphatic carbocycles. The third-order valence-corrected chi connectivity index (χ3v) is 3.51. The number of hydrogen-bond acceptors (Lipinski definition) is 4. The number of aromatic amines is 1. The fraction of sp³-hybridized carbons (Fsp3) is 0.769. The lowest BCUT2D eigenvalue weighted by atomic mass is 10.1. The van der Waals surface area contributed by atoms with E-state index in [0.29, 0.717) is 17.5 Å². The van der Waals surface area contributed by atoms with Gasteiger partial charge in [0.1, 0.15) is 0 Å². The first kappa shape index (κ1) is 14.0. The number of rotatable bonds is 5. The minimum absolute atomic E-state index is 0.0592. The van der Waals surface area contributed by atoms with Crippen molar-refractivity contribution >= 4 is 5.91 Å². The number of nitrogens with one attached hydrogen (secondary N) is 1. The van der Waals surface area contributed by atoms with Crippen molar-refractivity contribution in [3.05, 3.63) is 11.9 Å². The van der Waals surface area contributed by atoms with Crippen LogP contribution in [0.3, 0.4) is 0 Å². The average molecular weight is 265 g/mol. The third-order valence-electron chi connectivity index (χ3n) is 3.51. The van der Waals surface area contributed by atoms with Gasteiger partial charge in [-0.15, -0.1) is 0 Å². The molecule has 106 valence electrons. The van der Waals surface area contributed by atoms with Gasteiger partial charge < -0.3 is 9.80 Å². The van der Waals surface area contributed by atoms with Crippen molar-refractivity contribution in [2.75, 3.05) is 33.2 Å². The fourth-order valence-corrected chi connectivity index (χ4v) is 2.71. The van der Waals surface area contributed by atoms with E-state index < -0.39 is 0 Å². The van der Waals surface area contributed by atoms with E-state index in [1.54, 1.807) is 4.90 Å². The maximum absolute atomic E-state index is 12.0. The van der Waals surface area contributed by atoms with Gasteiger partial charge in [0.2, 0.25) is 0 Å². The molecule has 1 aromatic rings. The Morgan fingerprint density at radius 2 is 2.42 bits per heavy atom. The van der Waals surface area contributed by atoms with Crippen LogP contribution in [-0.4, -0.2) is 64.3 Å². The van der Waals surface area contributed by atoms with Gasteiger partial charge in [-0.1, -0.05) is 13.8 Å². The van der Waals surface area contributed by atoms with Gasteiger partial charge in [-0.3, -0.25) is 4.79 Å². The summed E-state index contributed by atoms with van der Waals surface area (Å²) >= 11 is 0. The van der Waals surface area contributed by atoms with Crippen LogP contribution in [0.5, 0.6) is 0 Å². The number of aromatic nitrogens is 3. The Kier molecular flexibility index (Phi) is 4.52. The van der Waals surface area contributed by atoms with Crippen LogP contribution in [-0.2, 0) is 0 Å². The highest BCUT2D eigenvalue weighted by molar-refractivity contribution is 5.91. The van der Waals surface area contributed by atoms with Crippen molar-refractivity contribution in [2.24, 2.45) is 11.8 Å². The summed E-state index contributed by atoms with van der Waals surface area (Å²) in [5.41, 5.74) is 0.388. The maximum Gasteiger partial charge on any atom is 0.275 e. The number of likely N-dealkylation sites (tertiary alicyclic amines) is 1. The lowest BCUT2D eigenvalue weighted by molar-refractivity contribution is 0.0767. The van der Waals surface area contributed by atoms with Crippen LogP contribution >= 0.6 is 0 Å². The topological polar surface area (TPSA) is 65.1 Å². The minimum atomic E-state index is -0.0592. The molecule has 1 aromatic heterocycles. The van der Waals surface area contributed by atoms with Crippen molar-refractivity contribution in [2.45, 2.75) is 20.3 Å². The van der Waals surface area contributed by atoms with Gasteiger partial charge in [0.05, 0.1) is 6.20 Å². The Balaban J connectivity index is 1.80. The number of H-pyrrole nitrogens is 1. The molecule has 2 heterocycles. The summed E-state index contributed by atoms with van der Waals surface area (Å²) in [6, 6.07) is 0. The number of hydrogen-bond donors (Lipinski definition) is 1. The predicted octanol–water partition coefficient (Wildman–Crippen LogP) is 0.855. The first-order valence-electron chi connectivity index (χ1n) is 6.90. The van der Waals surface area contributed by atoms with Gasteiger partial charge in [0, 0.05) is 26.7 Å².